The van der Waals surface area contributed by atoms with Crippen molar-refractivity contribution in [3.05, 3.63) is 0 Å². The van der Waals surface area contributed by atoms with E-state index in [1.165, 1.54) is 0 Å². The largest absolute Gasteiger partial charge is 0.551 e. The molecule has 4 nitrogen and oxygen atoms in total. The van der Waals surface area contributed by atoms with Crippen molar-refractivity contribution in [2.75, 3.05) is 19.5 Å². The Kier molecular flexibility index (Phi) is 5.37. The quantitative estimate of drug-likeness (QED) is 0.790. The smallest absolute Gasteiger partial charge is 0.444 e. The van der Waals surface area contributed by atoms with Gasteiger partial charge in [-0.2, -0.15) is 0 Å². The highest BCUT2D eigenvalue weighted by molar-refractivity contribution is 6.42. The van der Waals surface area contributed by atoms with Gasteiger partial charge in [-0.25, -0.2) is 4.79 Å². The fraction of sp³-hybridized carbons (Fsp3) is 0.909. The van der Waals surface area contributed by atoms with Gasteiger partial charge >= 0.3 is 13.4 Å². The monoisotopic (exact) mass is 262 g/mol. The Bertz CT molecular complexity index is 277. The molecule has 1 aliphatic rings. The lowest BCUT2D eigenvalue weighted by Gasteiger charge is -2.32. The van der Waals surface area contributed by atoms with E-state index in [0.29, 0.717) is 25.9 Å². The number of hydrogen-bond donors (Lipinski definition) is 1. The first-order valence-electron chi connectivity index (χ1n) is 6.26. The molecule has 0 saturated carbocycles. The molecule has 1 saturated heterocycles. The molecule has 0 aromatic carbocycles. The summed E-state index contributed by atoms with van der Waals surface area (Å²) in [6.07, 6.45) is 0.756. The summed E-state index contributed by atoms with van der Waals surface area (Å²) < 4.78 is 29.5. The molecule has 0 radical (unpaired) electrons. The van der Waals surface area contributed by atoms with Crippen LogP contribution in [0, 0.1) is 0 Å². The molecule has 0 aliphatic carbocycles. The van der Waals surface area contributed by atoms with Crippen LogP contribution in [0.2, 0.25) is 0 Å². The maximum atomic E-state index is 12.2. The normalized spacial score (nSPS) is 18.5. The predicted octanol–water partition coefficient (Wildman–Crippen LogP) is 1.94. The van der Waals surface area contributed by atoms with Crippen molar-refractivity contribution < 1.29 is 18.2 Å². The number of carbonyl (C=O) groups is 1. The number of carbonyl (C=O) groups excluding carboxylic acids is 1. The van der Waals surface area contributed by atoms with E-state index in [9.17, 15) is 13.4 Å². The summed E-state index contributed by atoms with van der Waals surface area (Å²) in [5.41, 5.74) is -0.513. The molecule has 1 aliphatic heterocycles. The minimum absolute atomic E-state index is 0.0220. The molecule has 1 rings (SSSR count). The van der Waals surface area contributed by atoms with Crippen LogP contribution < -0.4 is 5.32 Å². The summed E-state index contributed by atoms with van der Waals surface area (Å²) in [7, 11) is -2.29. The standard InChI is InChI=1S/C11H21BF2N2O2/c1-11(2,3)18-10(17)15-9-4-6-16(7-5-9)8-12(13)14/h9H,4-8H2,1-3H3,(H,15,17). The Morgan fingerprint density at radius 3 is 2.39 bits per heavy atom. The van der Waals surface area contributed by atoms with Crippen LogP contribution in [0.25, 0.3) is 0 Å². The number of nitrogens with one attached hydrogen (secondary N) is 1. The average Bonchev–Trinajstić information content (AvgIpc) is 2.17. The van der Waals surface area contributed by atoms with Gasteiger partial charge in [-0.15, -0.1) is 0 Å². The Morgan fingerprint density at radius 2 is 1.94 bits per heavy atom. The first-order valence-corrected chi connectivity index (χ1v) is 6.26. The van der Waals surface area contributed by atoms with E-state index in [-0.39, 0.29) is 12.5 Å². The maximum Gasteiger partial charge on any atom is 0.551 e. The molecule has 18 heavy (non-hydrogen) atoms. The zero-order chi connectivity index (χ0) is 13.8. The molecule has 0 unspecified atom stereocenters. The van der Waals surface area contributed by atoms with Gasteiger partial charge in [-0.1, -0.05) is 0 Å². The molecule has 1 amide bonds. The summed E-state index contributed by atoms with van der Waals surface area (Å²) in [6.45, 7) is 6.59. The van der Waals surface area contributed by atoms with Crippen LogP contribution in [-0.4, -0.2) is 49.4 Å². The predicted molar refractivity (Wildman–Crippen MR) is 66.8 cm³/mol. The van der Waals surface area contributed by atoms with Gasteiger partial charge in [0.15, 0.2) is 0 Å². The minimum Gasteiger partial charge on any atom is -0.444 e. The van der Waals surface area contributed by atoms with Crippen molar-refractivity contribution in [3.8, 4) is 0 Å². The third kappa shape index (κ3) is 6.19. The Hall–Kier alpha value is -0.845. The molecule has 0 atom stereocenters. The molecule has 0 spiro atoms. The topological polar surface area (TPSA) is 41.6 Å². The Morgan fingerprint density at radius 1 is 1.39 bits per heavy atom. The lowest BCUT2D eigenvalue weighted by atomic mass is 9.95. The fourth-order valence-corrected chi connectivity index (χ4v) is 1.93. The van der Waals surface area contributed by atoms with Crippen molar-refractivity contribution in [1.29, 1.82) is 0 Å². The molecule has 104 valence electrons. The fourth-order valence-electron chi connectivity index (χ4n) is 1.93. The van der Waals surface area contributed by atoms with Gasteiger partial charge in [0, 0.05) is 12.5 Å². The summed E-state index contributed by atoms with van der Waals surface area (Å²) in [6, 6.07) is 0.0220. The van der Waals surface area contributed by atoms with Crippen LogP contribution in [0.3, 0.4) is 0 Å². The van der Waals surface area contributed by atoms with Crippen LogP contribution in [0.5, 0.6) is 0 Å². The highest BCUT2D eigenvalue weighted by Gasteiger charge is 2.26. The highest BCUT2D eigenvalue weighted by atomic mass is 19.2. The second-order valence-electron chi connectivity index (χ2n) is 5.61. The van der Waals surface area contributed by atoms with E-state index in [1.807, 2.05) is 0 Å². The van der Waals surface area contributed by atoms with E-state index in [2.05, 4.69) is 5.32 Å². The van der Waals surface area contributed by atoms with Crippen molar-refractivity contribution >= 4 is 13.4 Å². The number of ether oxygens (including phenoxy) is 1. The minimum atomic E-state index is -2.29. The van der Waals surface area contributed by atoms with Crippen molar-refractivity contribution in [3.63, 3.8) is 0 Å². The number of rotatable bonds is 3. The Labute approximate surface area is 107 Å². The summed E-state index contributed by atoms with van der Waals surface area (Å²) in [5, 5.41) is 2.77. The van der Waals surface area contributed by atoms with Gasteiger partial charge in [-0.05, 0) is 46.7 Å². The van der Waals surface area contributed by atoms with Crippen molar-refractivity contribution in [1.82, 2.24) is 10.2 Å². The number of amides is 1. The van der Waals surface area contributed by atoms with Crippen molar-refractivity contribution in [2.45, 2.75) is 45.3 Å². The highest BCUT2D eigenvalue weighted by Crippen LogP contribution is 2.12. The number of likely N-dealkylation sites (tertiary alicyclic amines) is 1. The van der Waals surface area contributed by atoms with Crippen LogP contribution in [0.1, 0.15) is 33.6 Å². The first-order chi connectivity index (χ1) is 8.26. The number of piperidine rings is 1. The van der Waals surface area contributed by atoms with Crippen molar-refractivity contribution in [2.24, 2.45) is 0 Å². The summed E-state index contributed by atoms with van der Waals surface area (Å²) in [5.74, 6) is 0. The molecule has 0 bridgehead atoms. The van der Waals surface area contributed by atoms with Gasteiger partial charge in [0.25, 0.3) is 0 Å². The van der Waals surface area contributed by atoms with Crippen LogP contribution in [-0.2, 0) is 4.74 Å². The molecule has 7 heteroatoms. The summed E-state index contributed by atoms with van der Waals surface area (Å²) in [4.78, 5) is 13.2. The van der Waals surface area contributed by atoms with E-state index < -0.39 is 19.0 Å². The van der Waals surface area contributed by atoms with Crippen LogP contribution in [0.15, 0.2) is 0 Å². The van der Waals surface area contributed by atoms with E-state index >= 15 is 0 Å². The lowest BCUT2D eigenvalue weighted by molar-refractivity contribution is 0.0481. The SMILES string of the molecule is CC(C)(C)OC(=O)NC1CCN(CB(F)F)CC1. The summed E-state index contributed by atoms with van der Waals surface area (Å²) >= 11 is 0. The molecule has 1 fully saturated rings. The molecule has 1 heterocycles. The van der Waals surface area contributed by atoms with Gasteiger partial charge < -0.3 is 15.0 Å². The zero-order valence-corrected chi connectivity index (χ0v) is 11.2. The van der Waals surface area contributed by atoms with Gasteiger partial charge in [0.05, 0.1) is 0 Å². The Balaban J connectivity index is 2.25. The van der Waals surface area contributed by atoms with E-state index in [4.69, 9.17) is 4.74 Å². The molecule has 0 aromatic heterocycles. The number of hydrogen-bond acceptors (Lipinski definition) is 3. The second-order valence-corrected chi connectivity index (χ2v) is 5.61. The van der Waals surface area contributed by atoms with Crippen LogP contribution in [0.4, 0.5) is 13.4 Å². The number of alkyl carbamates (subject to hydrolysis) is 1. The average molecular weight is 262 g/mol. The lowest BCUT2D eigenvalue weighted by Crippen LogP contribution is -2.47. The molecule has 1 N–H and O–H groups in total. The third-order valence-electron chi connectivity index (χ3n) is 2.70. The molecular formula is C11H21BF2N2O2. The van der Waals surface area contributed by atoms with Gasteiger partial charge in [0.2, 0.25) is 0 Å². The molecular weight excluding hydrogens is 241 g/mol. The third-order valence-corrected chi connectivity index (χ3v) is 2.70. The second kappa shape index (κ2) is 6.36. The number of nitrogens with zero attached hydrogens (tertiary/aromatic N) is 1. The molecule has 0 aromatic rings. The van der Waals surface area contributed by atoms with Crippen LogP contribution >= 0.6 is 0 Å². The number of halogens is 2. The van der Waals surface area contributed by atoms with E-state index in [0.717, 1.165) is 0 Å². The first kappa shape index (κ1) is 15.2. The van der Waals surface area contributed by atoms with Gasteiger partial charge in [0.1, 0.15) is 5.60 Å². The zero-order valence-electron chi connectivity index (χ0n) is 11.2. The van der Waals surface area contributed by atoms with Gasteiger partial charge in [-0.3, -0.25) is 8.63 Å². The maximum absolute atomic E-state index is 12.2. The van der Waals surface area contributed by atoms with E-state index in [1.54, 1.807) is 25.7 Å².